The van der Waals surface area contributed by atoms with Crippen molar-refractivity contribution < 1.29 is 4.79 Å². The number of nitrogens with one attached hydrogen (secondary N) is 1. The van der Waals surface area contributed by atoms with Crippen molar-refractivity contribution in [3.8, 4) is 11.3 Å². The van der Waals surface area contributed by atoms with Crippen molar-refractivity contribution in [3.63, 3.8) is 0 Å². The van der Waals surface area contributed by atoms with E-state index in [-0.39, 0.29) is 11.2 Å². The number of thiazole rings is 1. The summed E-state index contributed by atoms with van der Waals surface area (Å²) in [5.74, 6) is -0.0789. The summed E-state index contributed by atoms with van der Waals surface area (Å²) in [6, 6.07) is 20.1. The van der Waals surface area contributed by atoms with E-state index in [4.69, 9.17) is 0 Å². The third-order valence-corrected chi connectivity index (χ3v) is 6.12. The Morgan fingerprint density at radius 1 is 1.04 bits per heavy atom. The van der Waals surface area contributed by atoms with Crippen LogP contribution >= 0.6 is 23.1 Å². The molecule has 0 saturated heterocycles. The lowest BCUT2D eigenvalue weighted by Gasteiger charge is -2.10. The smallest absolute Gasteiger partial charge is 0.239 e. The summed E-state index contributed by atoms with van der Waals surface area (Å²) in [7, 11) is 0. The Bertz CT molecular complexity index is 1120. The van der Waals surface area contributed by atoms with Crippen LogP contribution in [0.4, 0.5) is 5.13 Å². The monoisotopic (exact) mass is 405 g/mol. The molecule has 0 aliphatic rings. The number of pyridine rings is 1. The summed E-state index contributed by atoms with van der Waals surface area (Å²) in [5.41, 5.74) is 4.06. The van der Waals surface area contributed by atoms with Gasteiger partial charge in [-0.1, -0.05) is 65.9 Å². The molecule has 1 atom stereocenters. The van der Waals surface area contributed by atoms with Crippen LogP contribution < -0.4 is 5.32 Å². The van der Waals surface area contributed by atoms with Crippen molar-refractivity contribution in [1.29, 1.82) is 0 Å². The zero-order valence-electron chi connectivity index (χ0n) is 15.5. The highest BCUT2D eigenvalue weighted by Crippen LogP contribution is 2.27. The standard InChI is InChI=1S/C22H19N3OS2/c1-14-7-9-17(10-8-14)19-13-27-22(24-19)25-21(26)15(2)28-20-12-11-16-5-3-4-6-18(16)23-20/h3-13,15H,1-2H3,(H,24,25,26). The molecule has 0 spiro atoms. The topological polar surface area (TPSA) is 54.9 Å². The van der Waals surface area contributed by atoms with Gasteiger partial charge in [-0.15, -0.1) is 11.3 Å². The summed E-state index contributed by atoms with van der Waals surface area (Å²) in [6.45, 7) is 3.94. The van der Waals surface area contributed by atoms with Crippen molar-refractivity contribution in [2.24, 2.45) is 0 Å². The average molecular weight is 406 g/mol. The number of aryl methyl sites for hydroxylation is 1. The fourth-order valence-corrected chi connectivity index (χ4v) is 4.29. The van der Waals surface area contributed by atoms with Gasteiger partial charge in [0.2, 0.25) is 5.91 Å². The highest BCUT2D eigenvalue weighted by Gasteiger charge is 2.17. The third kappa shape index (κ3) is 4.24. The number of thioether (sulfide) groups is 1. The maximum absolute atomic E-state index is 12.6. The number of aromatic nitrogens is 2. The van der Waals surface area contributed by atoms with Gasteiger partial charge in [0, 0.05) is 16.3 Å². The van der Waals surface area contributed by atoms with Crippen LogP contribution in [-0.4, -0.2) is 21.1 Å². The number of hydrogen-bond acceptors (Lipinski definition) is 5. The number of rotatable bonds is 5. The van der Waals surface area contributed by atoms with Gasteiger partial charge < -0.3 is 5.32 Å². The molecular weight excluding hydrogens is 386 g/mol. The Labute approximate surface area is 172 Å². The second-order valence-corrected chi connectivity index (χ2v) is 8.71. The lowest BCUT2D eigenvalue weighted by atomic mass is 10.1. The van der Waals surface area contributed by atoms with Gasteiger partial charge in [-0.05, 0) is 26.0 Å². The Kier molecular flexibility index (Phi) is 5.41. The number of para-hydroxylation sites is 1. The Balaban J connectivity index is 1.42. The number of nitrogens with zero attached hydrogens (tertiary/aromatic N) is 2. The van der Waals surface area contributed by atoms with Crippen molar-refractivity contribution in [2.75, 3.05) is 5.32 Å². The predicted octanol–water partition coefficient (Wildman–Crippen LogP) is 5.79. The van der Waals surface area contributed by atoms with Gasteiger partial charge in [0.1, 0.15) is 0 Å². The minimum absolute atomic E-state index is 0.0789. The number of anilines is 1. The van der Waals surface area contributed by atoms with Crippen LogP contribution in [0.1, 0.15) is 12.5 Å². The molecule has 2 heterocycles. The number of carbonyl (C=O) groups is 1. The fourth-order valence-electron chi connectivity index (χ4n) is 2.74. The van der Waals surface area contributed by atoms with Gasteiger partial charge in [0.15, 0.2) is 5.13 Å². The molecular formula is C22H19N3OS2. The van der Waals surface area contributed by atoms with Crippen molar-refractivity contribution in [1.82, 2.24) is 9.97 Å². The predicted molar refractivity (Wildman–Crippen MR) is 118 cm³/mol. The number of fused-ring (bicyclic) bond motifs is 1. The molecule has 0 bridgehead atoms. The lowest BCUT2D eigenvalue weighted by Crippen LogP contribution is -2.22. The SMILES string of the molecule is Cc1ccc(-c2csc(NC(=O)C(C)Sc3ccc4ccccc4n3)n2)cc1. The highest BCUT2D eigenvalue weighted by molar-refractivity contribution is 8.00. The highest BCUT2D eigenvalue weighted by atomic mass is 32.2. The quantitative estimate of drug-likeness (QED) is 0.427. The van der Waals surface area contributed by atoms with Crippen molar-refractivity contribution in [2.45, 2.75) is 24.1 Å². The maximum Gasteiger partial charge on any atom is 0.239 e. The van der Waals surface area contributed by atoms with Gasteiger partial charge in [0.25, 0.3) is 0 Å². The van der Waals surface area contributed by atoms with Gasteiger partial charge in [-0.3, -0.25) is 4.79 Å². The van der Waals surface area contributed by atoms with Crippen LogP contribution in [0.2, 0.25) is 0 Å². The minimum atomic E-state index is -0.277. The van der Waals surface area contributed by atoms with Crippen LogP contribution in [0.25, 0.3) is 22.2 Å². The Hall–Kier alpha value is -2.70. The van der Waals surface area contributed by atoms with Gasteiger partial charge >= 0.3 is 0 Å². The molecule has 4 nitrogen and oxygen atoms in total. The Morgan fingerprint density at radius 3 is 2.64 bits per heavy atom. The van der Waals surface area contributed by atoms with E-state index < -0.39 is 0 Å². The number of carbonyl (C=O) groups excluding carboxylic acids is 1. The van der Waals surface area contributed by atoms with E-state index in [1.807, 2.05) is 60.8 Å². The normalized spacial score (nSPS) is 12.1. The van der Waals surface area contributed by atoms with E-state index >= 15 is 0 Å². The number of amides is 1. The van der Waals surface area contributed by atoms with E-state index in [2.05, 4.69) is 34.3 Å². The molecule has 0 aliphatic heterocycles. The number of benzene rings is 2. The van der Waals surface area contributed by atoms with E-state index in [9.17, 15) is 4.79 Å². The largest absolute Gasteiger partial charge is 0.301 e. The fraction of sp³-hybridized carbons (Fsp3) is 0.136. The van der Waals surface area contributed by atoms with E-state index in [1.165, 1.54) is 28.7 Å². The molecule has 4 rings (SSSR count). The van der Waals surface area contributed by atoms with Crippen LogP contribution in [0.15, 0.2) is 71.1 Å². The zero-order chi connectivity index (χ0) is 19.5. The minimum Gasteiger partial charge on any atom is -0.301 e. The second kappa shape index (κ2) is 8.12. The van der Waals surface area contributed by atoms with Crippen LogP contribution in [0.3, 0.4) is 0 Å². The van der Waals surface area contributed by atoms with Crippen LogP contribution in [0, 0.1) is 6.92 Å². The summed E-state index contributed by atoms with van der Waals surface area (Å²) in [4.78, 5) is 21.7. The van der Waals surface area contributed by atoms with Gasteiger partial charge in [-0.25, -0.2) is 9.97 Å². The molecule has 0 saturated carbocycles. The molecule has 2 aromatic carbocycles. The van der Waals surface area contributed by atoms with Crippen LogP contribution in [-0.2, 0) is 4.79 Å². The zero-order valence-corrected chi connectivity index (χ0v) is 17.2. The first-order chi connectivity index (χ1) is 13.6. The molecule has 0 fully saturated rings. The van der Waals surface area contributed by atoms with Gasteiger partial charge in [0.05, 0.1) is 21.5 Å². The molecule has 4 aromatic rings. The third-order valence-electron chi connectivity index (χ3n) is 4.32. The van der Waals surface area contributed by atoms with E-state index in [0.717, 1.165) is 27.2 Å². The van der Waals surface area contributed by atoms with Gasteiger partial charge in [-0.2, -0.15) is 0 Å². The summed E-state index contributed by atoms with van der Waals surface area (Å²) in [6.07, 6.45) is 0. The molecule has 0 aliphatic carbocycles. The summed E-state index contributed by atoms with van der Waals surface area (Å²) >= 11 is 2.88. The first kappa shape index (κ1) is 18.7. The molecule has 2 aromatic heterocycles. The van der Waals surface area contributed by atoms with E-state index in [1.54, 1.807) is 0 Å². The Morgan fingerprint density at radius 2 is 1.82 bits per heavy atom. The van der Waals surface area contributed by atoms with Crippen molar-refractivity contribution in [3.05, 3.63) is 71.6 Å². The molecule has 1 unspecified atom stereocenters. The maximum atomic E-state index is 12.6. The lowest BCUT2D eigenvalue weighted by molar-refractivity contribution is -0.115. The molecule has 6 heteroatoms. The van der Waals surface area contributed by atoms with Crippen molar-refractivity contribution >= 4 is 45.0 Å². The average Bonchev–Trinajstić information content (AvgIpc) is 3.17. The first-order valence-corrected chi connectivity index (χ1v) is 10.7. The first-order valence-electron chi connectivity index (χ1n) is 8.94. The van der Waals surface area contributed by atoms with Crippen LogP contribution in [0.5, 0.6) is 0 Å². The number of hydrogen-bond donors (Lipinski definition) is 1. The molecule has 1 amide bonds. The summed E-state index contributed by atoms with van der Waals surface area (Å²) < 4.78 is 0. The van der Waals surface area contributed by atoms with E-state index in [0.29, 0.717) is 5.13 Å². The molecule has 0 radical (unpaired) electrons. The molecule has 28 heavy (non-hydrogen) atoms. The summed E-state index contributed by atoms with van der Waals surface area (Å²) in [5, 5.41) is 7.14. The second-order valence-electron chi connectivity index (χ2n) is 6.50. The molecule has 1 N–H and O–H groups in total. The molecule has 140 valence electrons.